The molecule has 2 aromatic carbocycles. The number of rotatable bonds is 9. The van der Waals surface area contributed by atoms with Gasteiger partial charge in [-0.05, 0) is 68.2 Å². The topological polar surface area (TPSA) is 105 Å². The standard InChI is InChI=1S/C25H31N3O5S/c1-4-23(29)27-25(2)14-17-28(18-15-25)34(31,32)21-11-9-20(10-12-21)24(30)26-16-13-19-7-5-6-8-22(19)33-3/h4-12H,1,13-18H2,2-3H3,(H,26,30)(H,27,29). The second-order valence-electron chi connectivity index (χ2n) is 8.50. The van der Waals surface area contributed by atoms with E-state index in [1.807, 2.05) is 31.2 Å². The summed E-state index contributed by atoms with van der Waals surface area (Å²) in [5.74, 6) is 0.230. The van der Waals surface area contributed by atoms with Gasteiger partial charge in [0.05, 0.1) is 12.0 Å². The average Bonchev–Trinajstić information content (AvgIpc) is 2.84. The van der Waals surface area contributed by atoms with Gasteiger partial charge in [-0.15, -0.1) is 0 Å². The number of nitrogens with zero attached hydrogens (tertiary/aromatic N) is 1. The molecule has 2 amide bonds. The molecule has 1 heterocycles. The molecule has 2 N–H and O–H groups in total. The number of ether oxygens (including phenoxy) is 1. The lowest BCUT2D eigenvalue weighted by Gasteiger charge is -2.39. The number of carbonyl (C=O) groups excluding carboxylic acids is 2. The number of carbonyl (C=O) groups is 2. The highest BCUT2D eigenvalue weighted by Crippen LogP contribution is 2.27. The van der Waals surface area contributed by atoms with Gasteiger partial charge >= 0.3 is 0 Å². The van der Waals surface area contributed by atoms with E-state index in [-0.39, 0.29) is 16.7 Å². The predicted octanol–water partition coefficient (Wildman–Crippen LogP) is 2.51. The summed E-state index contributed by atoms with van der Waals surface area (Å²) in [4.78, 5) is 24.3. The van der Waals surface area contributed by atoms with E-state index < -0.39 is 15.6 Å². The molecule has 1 fully saturated rings. The maximum atomic E-state index is 13.1. The minimum Gasteiger partial charge on any atom is -0.496 e. The number of sulfonamides is 1. The molecule has 0 bridgehead atoms. The molecule has 1 saturated heterocycles. The summed E-state index contributed by atoms with van der Waals surface area (Å²) in [5.41, 5.74) is 0.911. The van der Waals surface area contributed by atoms with Crippen molar-refractivity contribution in [3.63, 3.8) is 0 Å². The van der Waals surface area contributed by atoms with Crippen LogP contribution in [0.4, 0.5) is 0 Å². The number of hydrogen-bond donors (Lipinski definition) is 2. The number of para-hydroxylation sites is 1. The smallest absolute Gasteiger partial charge is 0.251 e. The zero-order chi connectivity index (χ0) is 24.8. The third kappa shape index (κ3) is 6.03. The number of amides is 2. The number of methoxy groups -OCH3 is 1. The van der Waals surface area contributed by atoms with Crippen LogP contribution in [0.5, 0.6) is 5.75 Å². The van der Waals surface area contributed by atoms with Gasteiger partial charge in [0, 0.05) is 30.7 Å². The molecule has 0 aliphatic carbocycles. The SMILES string of the molecule is C=CC(=O)NC1(C)CCN(S(=O)(=O)c2ccc(C(=O)NCCc3ccccc3OC)cc2)CC1. The highest BCUT2D eigenvalue weighted by atomic mass is 32.2. The molecule has 1 aliphatic heterocycles. The third-order valence-corrected chi connectivity index (χ3v) is 7.98. The van der Waals surface area contributed by atoms with Crippen LogP contribution in [0, 0.1) is 0 Å². The van der Waals surface area contributed by atoms with E-state index in [0.29, 0.717) is 44.5 Å². The van der Waals surface area contributed by atoms with Gasteiger partial charge in [-0.3, -0.25) is 9.59 Å². The molecule has 0 aromatic heterocycles. The monoisotopic (exact) mass is 485 g/mol. The van der Waals surface area contributed by atoms with Crippen LogP contribution >= 0.6 is 0 Å². The van der Waals surface area contributed by atoms with Gasteiger partial charge in [-0.2, -0.15) is 4.31 Å². The molecule has 0 radical (unpaired) electrons. The van der Waals surface area contributed by atoms with Gasteiger partial charge in [-0.25, -0.2) is 8.42 Å². The van der Waals surface area contributed by atoms with Crippen molar-refractivity contribution in [1.29, 1.82) is 0 Å². The van der Waals surface area contributed by atoms with Gasteiger partial charge < -0.3 is 15.4 Å². The fourth-order valence-electron chi connectivity index (χ4n) is 3.94. The van der Waals surface area contributed by atoms with Gasteiger partial charge in [-0.1, -0.05) is 24.8 Å². The first-order valence-electron chi connectivity index (χ1n) is 11.1. The Bertz CT molecular complexity index is 1140. The van der Waals surface area contributed by atoms with Crippen LogP contribution in [-0.2, 0) is 21.2 Å². The molecular formula is C25H31N3O5S. The highest BCUT2D eigenvalue weighted by Gasteiger charge is 2.36. The third-order valence-electron chi connectivity index (χ3n) is 6.06. The quantitative estimate of drug-likeness (QED) is 0.531. The molecule has 0 atom stereocenters. The van der Waals surface area contributed by atoms with Crippen molar-refractivity contribution in [3.8, 4) is 5.75 Å². The van der Waals surface area contributed by atoms with Crippen LogP contribution in [0.25, 0.3) is 0 Å². The Labute approximate surface area is 201 Å². The summed E-state index contributed by atoms with van der Waals surface area (Å²) >= 11 is 0. The molecule has 3 rings (SSSR count). The largest absolute Gasteiger partial charge is 0.496 e. The second-order valence-corrected chi connectivity index (χ2v) is 10.4. The van der Waals surface area contributed by atoms with E-state index in [4.69, 9.17) is 4.74 Å². The maximum Gasteiger partial charge on any atom is 0.251 e. The Hall–Kier alpha value is -3.17. The molecule has 8 nitrogen and oxygen atoms in total. The lowest BCUT2D eigenvalue weighted by atomic mass is 9.90. The Balaban J connectivity index is 1.57. The normalized spacial score (nSPS) is 15.8. The zero-order valence-corrected chi connectivity index (χ0v) is 20.4. The summed E-state index contributed by atoms with van der Waals surface area (Å²) in [6, 6.07) is 13.6. The number of benzene rings is 2. The highest BCUT2D eigenvalue weighted by molar-refractivity contribution is 7.89. The van der Waals surface area contributed by atoms with Crippen LogP contribution in [-0.4, -0.2) is 56.8 Å². The van der Waals surface area contributed by atoms with Crippen molar-refractivity contribution in [2.45, 2.75) is 36.6 Å². The average molecular weight is 486 g/mol. The van der Waals surface area contributed by atoms with E-state index in [2.05, 4.69) is 17.2 Å². The molecule has 9 heteroatoms. The van der Waals surface area contributed by atoms with E-state index in [1.165, 1.54) is 34.6 Å². The van der Waals surface area contributed by atoms with Crippen molar-refractivity contribution in [2.75, 3.05) is 26.7 Å². The predicted molar refractivity (Wildman–Crippen MR) is 130 cm³/mol. The maximum absolute atomic E-state index is 13.1. The van der Waals surface area contributed by atoms with Crippen LogP contribution in [0.1, 0.15) is 35.7 Å². The van der Waals surface area contributed by atoms with Gasteiger partial charge in [0.25, 0.3) is 5.91 Å². The van der Waals surface area contributed by atoms with Crippen molar-refractivity contribution < 1.29 is 22.7 Å². The Morgan fingerprint density at radius 2 is 1.76 bits per heavy atom. The molecule has 2 aromatic rings. The number of nitrogens with one attached hydrogen (secondary N) is 2. The molecule has 0 spiro atoms. The lowest BCUT2D eigenvalue weighted by molar-refractivity contribution is -0.118. The first-order valence-corrected chi connectivity index (χ1v) is 12.6. The molecular weight excluding hydrogens is 454 g/mol. The first kappa shape index (κ1) is 25.5. The van der Waals surface area contributed by atoms with Crippen molar-refractivity contribution >= 4 is 21.8 Å². The van der Waals surface area contributed by atoms with Crippen LogP contribution in [0.3, 0.4) is 0 Å². The van der Waals surface area contributed by atoms with E-state index in [0.717, 1.165) is 11.3 Å². The Kier molecular flexibility index (Phi) is 8.11. The molecule has 0 saturated carbocycles. The molecule has 182 valence electrons. The fraction of sp³-hybridized carbons (Fsp3) is 0.360. The Morgan fingerprint density at radius 3 is 2.38 bits per heavy atom. The first-order chi connectivity index (χ1) is 16.2. The van der Waals surface area contributed by atoms with E-state index in [9.17, 15) is 18.0 Å². The minimum absolute atomic E-state index is 0.136. The Morgan fingerprint density at radius 1 is 1.12 bits per heavy atom. The molecule has 34 heavy (non-hydrogen) atoms. The van der Waals surface area contributed by atoms with Crippen molar-refractivity contribution in [2.24, 2.45) is 0 Å². The van der Waals surface area contributed by atoms with Gasteiger partial charge in [0.1, 0.15) is 5.75 Å². The summed E-state index contributed by atoms with van der Waals surface area (Å²) in [7, 11) is -2.09. The summed E-state index contributed by atoms with van der Waals surface area (Å²) < 4.78 is 32.8. The van der Waals surface area contributed by atoms with Crippen molar-refractivity contribution in [3.05, 3.63) is 72.3 Å². The second kappa shape index (κ2) is 10.8. The fourth-order valence-corrected chi connectivity index (χ4v) is 5.38. The zero-order valence-electron chi connectivity index (χ0n) is 19.5. The number of piperidine rings is 1. The van der Waals surface area contributed by atoms with Crippen LogP contribution in [0.15, 0.2) is 66.1 Å². The summed E-state index contributed by atoms with van der Waals surface area (Å²) in [5, 5.41) is 5.73. The lowest BCUT2D eigenvalue weighted by Crippen LogP contribution is -2.53. The van der Waals surface area contributed by atoms with Crippen LogP contribution in [0.2, 0.25) is 0 Å². The molecule has 1 aliphatic rings. The van der Waals surface area contributed by atoms with E-state index >= 15 is 0 Å². The van der Waals surface area contributed by atoms with Gasteiger partial charge in [0.15, 0.2) is 0 Å². The number of hydrogen-bond acceptors (Lipinski definition) is 5. The van der Waals surface area contributed by atoms with E-state index in [1.54, 1.807) is 7.11 Å². The summed E-state index contributed by atoms with van der Waals surface area (Å²) in [6.45, 7) is 6.37. The molecule has 0 unspecified atom stereocenters. The van der Waals surface area contributed by atoms with Crippen LogP contribution < -0.4 is 15.4 Å². The minimum atomic E-state index is -3.69. The van der Waals surface area contributed by atoms with Gasteiger partial charge in [0.2, 0.25) is 15.9 Å². The van der Waals surface area contributed by atoms with Crippen molar-refractivity contribution in [1.82, 2.24) is 14.9 Å². The summed E-state index contributed by atoms with van der Waals surface area (Å²) in [6.07, 6.45) is 2.82.